The number of hydrogen-bond acceptors (Lipinski definition) is 7. The van der Waals surface area contributed by atoms with Crippen LogP contribution in [0.3, 0.4) is 0 Å². The van der Waals surface area contributed by atoms with Crippen molar-refractivity contribution in [3.63, 3.8) is 0 Å². The molecule has 1 aliphatic heterocycles. The highest BCUT2D eigenvalue weighted by molar-refractivity contribution is 7.07. The molecule has 1 atom stereocenters. The Morgan fingerprint density at radius 2 is 1.79 bits per heavy atom. The fourth-order valence-corrected chi connectivity index (χ4v) is 4.78. The van der Waals surface area contributed by atoms with Crippen molar-refractivity contribution >= 4 is 29.4 Å². The van der Waals surface area contributed by atoms with E-state index in [2.05, 4.69) is 4.99 Å². The third-order valence-electron chi connectivity index (χ3n) is 5.33. The van der Waals surface area contributed by atoms with Crippen molar-refractivity contribution in [3.8, 4) is 0 Å². The minimum Gasteiger partial charge on any atom is -0.465 e. The summed E-state index contributed by atoms with van der Waals surface area (Å²) in [6.45, 7) is 3.56. The number of ether oxygens (including phenoxy) is 2. The molecule has 1 aliphatic rings. The fraction of sp³-hybridized carbons (Fsp3) is 0.200. The van der Waals surface area contributed by atoms with Gasteiger partial charge in [0.2, 0.25) is 0 Å². The average molecular weight is 481 g/mol. The van der Waals surface area contributed by atoms with E-state index in [9.17, 15) is 18.8 Å². The van der Waals surface area contributed by atoms with E-state index < -0.39 is 18.0 Å². The number of esters is 2. The average Bonchev–Trinajstić information content (AvgIpc) is 3.13. The number of methoxy groups -OCH3 is 1. The normalized spacial score (nSPS) is 15.5. The molecule has 34 heavy (non-hydrogen) atoms. The molecule has 0 amide bonds. The molecule has 0 spiro atoms. The Hall–Kier alpha value is -3.85. The molecule has 174 valence electrons. The molecule has 9 heteroatoms. The SMILES string of the molecule is CCOC(=O)C1=C(C)N=c2sc(=Cc3ccc(F)cc3)c(=O)n2C1c1ccc(C(=O)OC)cc1. The fourth-order valence-electron chi connectivity index (χ4n) is 3.74. The predicted octanol–water partition coefficient (Wildman–Crippen LogP) is 2.72. The Balaban J connectivity index is 1.91. The Kier molecular flexibility index (Phi) is 6.56. The third-order valence-corrected chi connectivity index (χ3v) is 6.32. The minimum absolute atomic E-state index is 0.165. The maximum atomic E-state index is 13.5. The highest BCUT2D eigenvalue weighted by atomic mass is 32.1. The van der Waals surface area contributed by atoms with Crippen LogP contribution >= 0.6 is 11.3 Å². The van der Waals surface area contributed by atoms with Gasteiger partial charge >= 0.3 is 11.9 Å². The van der Waals surface area contributed by atoms with Crippen molar-refractivity contribution in [1.29, 1.82) is 0 Å². The maximum Gasteiger partial charge on any atom is 0.338 e. The molecule has 0 fully saturated rings. The summed E-state index contributed by atoms with van der Waals surface area (Å²) in [5.41, 5.74) is 1.95. The summed E-state index contributed by atoms with van der Waals surface area (Å²) in [5, 5.41) is 0. The summed E-state index contributed by atoms with van der Waals surface area (Å²) < 4.78 is 25.1. The van der Waals surface area contributed by atoms with Crippen molar-refractivity contribution in [2.24, 2.45) is 4.99 Å². The Labute approximate surface area is 198 Å². The van der Waals surface area contributed by atoms with Crippen LogP contribution in [0.15, 0.2) is 69.6 Å². The first kappa shape index (κ1) is 23.3. The first-order valence-electron chi connectivity index (χ1n) is 10.5. The summed E-state index contributed by atoms with van der Waals surface area (Å²) in [7, 11) is 1.29. The van der Waals surface area contributed by atoms with Gasteiger partial charge in [0.1, 0.15) is 5.82 Å². The van der Waals surface area contributed by atoms with Crippen LogP contribution in [-0.2, 0) is 14.3 Å². The van der Waals surface area contributed by atoms with Crippen LogP contribution in [0.4, 0.5) is 4.39 Å². The van der Waals surface area contributed by atoms with Gasteiger partial charge in [-0.15, -0.1) is 0 Å². The second kappa shape index (κ2) is 9.56. The number of fused-ring (bicyclic) bond motifs is 1. The largest absolute Gasteiger partial charge is 0.465 e. The molecule has 0 radical (unpaired) electrons. The van der Waals surface area contributed by atoms with Crippen LogP contribution in [0.1, 0.15) is 41.4 Å². The topological polar surface area (TPSA) is 87.0 Å². The standard InChI is InChI=1S/C25H21FN2O5S/c1-4-33-24(31)20-14(2)27-25-28(21(20)16-7-9-17(10-8-16)23(30)32-3)22(29)19(34-25)13-15-5-11-18(26)12-6-15/h5-13,21H,4H2,1-3H3. The van der Waals surface area contributed by atoms with Gasteiger partial charge in [-0.05, 0) is 55.3 Å². The lowest BCUT2D eigenvalue weighted by atomic mass is 9.95. The first-order chi connectivity index (χ1) is 16.3. The molecule has 0 saturated carbocycles. The molecule has 2 heterocycles. The van der Waals surface area contributed by atoms with Crippen molar-refractivity contribution in [2.75, 3.05) is 13.7 Å². The van der Waals surface area contributed by atoms with Gasteiger partial charge < -0.3 is 9.47 Å². The summed E-state index contributed by atoms with van der Waals surface area (Å²) in [4.78, 5) is 43.2. The number of hydrogen-bond donors (Lipinski definition) is 0. The molecule has 4 rings (SSSR count). The molecular weight excluding hydrogens is 459 g/mol. The summed E-state index contributed by atoms with van der Waals surface area (Å²) >= 11 is 1.18. The van der Waals surface area contributed by atoms with Gasteiger partial charge in [0, 0.05) is 0 Å². The van der Waals surface area contributed by atoms with Crippen molar-refractivity contribution in [1.82, 2.24) is 4.57 Å². The van der Waals surface area contributed by atoms with E-state index in [4.69, 9.17) is 9.47 Å². The van der Waals surface area contributed by atoms with E-state index in [1.165, 1.54) is 35.1 Å². The van der Waals surface area contributed by atoms with Gasteiger partial charge in [-0.25, -0.2) is 19.0 Å². The van der Waals surface area contributed by atoms with Gasteiger partial charge in [0.25, 0.3) is 5.56 Å². The number of halogens is 1. The van der Waals surface area contributed by atoms with E-state index in [0.29, 0.717) is 31.7 Å². The lowest BCUT2D eigenvalue weighted by Crippen LogP contribution is -2.40. The number of aromatic nitrogens is 1. The zero-order valence-corrected chi connectivity index (χ0v) is 19.5. The van der Waals surface area contributed by atoms with E-state index in [-0.39, 0.29) is 23.6 Å². The Morgan fingerprint density at radius 3 is 2.41 bits per heavy atom. The summed E-state index contributed by atoms with van der Waals surface area (Å²) in [6.07, 6.45) is 1.66. The first-order valence-corrected chi connectivity index (χ1v) is 11.3. The second-order valence-electron chi connectivity index (χ2n) is 7.47. The highest BCUT2D eigenvalue weighted by Crippen LogP contribution is 2.31. The van der Waals surface area contributed by atoms with Crippen molar-refractivity contribution in [3.05, 3.63) is 102 Å². The predicted molar refractivity (Wildman–Crippen MR) is 125 cm³/mol. The number of carbonyl (C=O) groups is 2. The number of nitrogens with zero attached hydrogens (tertiary/aromatic N) is 2. The quantitative estimate of drug-likeness (QED) is 0.524. The van der Waals surface area contributed by atoms with E-state index >= 15 is 0 Å². The third kappa shape index (κ3) is 4.34. The minimum atomic E-state index is -0.794. The number of rotatable bonds is 5. The number of carbonyl (C=O) groups excluding carboxylic acids is 2. The molecular formula is C25H21FN2O5S. The van der Waals surface area contributed by atoms with E-state index in [0.717, 1.165) is 0 Å². The van der Waals surface area contributed by atoms with E-state index in [1.807, 2.05) is 0 Å². The number of benzene rings is 2. The van der Waals surface area contributed by atoms with Crippen LogP contribution in [0.5, 0.6) is 0 Å². The molecule has 3 aromatic rings. The van der Waals surface area contributed by atoms with Crippen LogP contribution in [0.25, 0.3) is 6.08 Å². The number of thiazole rings is 1. The molecule has 1 aromatic heterocycles. The van der Waals surface area contributed by atoms with Crippen LogP contribution in [-0.4, -0.2) is 30.2 Å². The van der Waals surface area contributed by atoms with Crippen LogP contribution in [0.2, 0.25) is 0 Å². The van der Waals surface area contributed by atoms with Gasteiger partial charge in [-0.3, -0.25) is 9.36 Å². The van der Waals surface area contributed by atoms with Gasteiger partial charge in [-0.1, -0.05) is 35.6 Å². The molecule has 7 nitrogen and oxygen atoms in total. The highest BCUT2D eigenvalue weighted by Gasteiger charge is 2.33. The molecule has 0 aliphatic carbocycles. The smallest absolute Gasteiger partial charge is 0.338 e. The number of allylic oxidation sites excluding steroid dienone is 1. The van der Waals surface area contributed by atoms with Crippen LogP contribution < -0.4 is 14.9 Å². The zero-order chi connectivity index (χ0) is 24.4. The van der Waals surface area contributed by atoms with Gasteiger partial charge in [0.05, 0.1) is 41.1 Å². The maximum absolute atomic E-state index is 13.5. The van der Waals surface area contributed by atoms with Gasteiger partial charge in [0.15, 0.2) is 4.80 Å². The van der Waals surface area contributed by atoms with Crippen molar-refractivity contribution < 1.29 is 23.5 Å². The molecule has 2 aromatic carbocycles. The molecule has 0 bridgehead atoms. The lowest BCUT2D eigenvalue weighted by molar-refractivity contribution is -0.139. The van der Waals surface area contributed by atoms with Crippen LogP contribution in [0, 0.1) is 5.82 Å². The van der Waals surface area contributed by atoms with Gasteiger partial charge in [-0.2, -0.15) is 0 Å². The Morgan fingerprint density at radius 1 is 1.12 bits per heavy atom. The summed E-state index contributed by atoms with van der Waals surface area (Å²) in [6, 6.07) is 11.5. The van der Waals surface area contributed by atoms with E-state index in [1.54, 1.807) is 56.3 Å². The second-order valence-corrected chi connectivity index (χ2v) is 8.48. The van der Waals surface area contributed by atoms with Crippen molar-refractivity contribution in [2.45, 2.75) is 19.9 Å². The lowest BCUT2D eigenvalue weighted by Gasteiger charge is -2.24. The summed E-state index contributed by atoms with van der Waals surface area (Å²) in [5.74, 6) is -1.44. The monoisotopic (exact) mass is 480 g/mol. The Bertz CT molecular complexity index is 1470. The molecule has 0 saturated heterocycles. The zero-order valence-electron chi connectivity index (χ0n) is 18.7. The molecule has 1 unspecified atom stereocenters. The molecule has 0 N–H and O–H groups in total.